The van der Waals surface area contributed by atoms with E-state index in [0.717, 1.165) is 40.4 Å². The van der Waals surface area contributed by atoms with Crippen molar-refractivity contribution in [3.05, 3.63) is 99.5 Å². The molecule has 0 fully saturated rings. The zero-order valence-corrected chi connectivity index (χ0v) is 23.6. The minimum Gasteiger partial charge on any atom is -0.483 e. The smallest absolute Gasteiger partial charge is 0.261 e. The van der Waals surface area contributed by atoms with E-state index in [1.807, 2.05) is 73.7 Å². The Morgan fingerprint density at radius 2 is 1.70 bits per heavy atom. The maximum atomic E-state index is 13.7. The number of carbonyl (C=O) groups is 2. The molecule has 1 atom stereocenters. The molecule has 6 heteroatoms. The van der Waals surface area contributed by atoms with Gasteiger partial charge in [0.25, 0.3) is 5.91 Å². The van der Waals surface area contributed by atoms with Crippen molar-refractivity contribution in [1.82, 2.24) is 10.2 Å². The highest BCUT2D eigenvalue weighted by Gasteiger charge is 2.30. The predicted octanol–water partition coefficient (Wildman–Crippen LogP) is 6.26. The van der Waals surface area contributed by atoms with Crippen molar-refractivity contribution >= 4 is 27.7 Å². The normalized spacial score (nSPS) is 11.6. The number of halogens is 1. The fourth-order valence-corrected chi connectivity index (χ4v) is 4.71. The van der Waals surface area contributed by atoms with Crippen LogP contribution >= 0.6 is 15.9 Å². The molecule has 196 valence electrons. The first-order valence-electron chi connectivity index (χ1n) is 13.0. The minimum absolute atomic E-state index is 0.146. The molecule has 0 radical (unpaired) electrons. The summed E-state index contributed by atoms with van der Waals surface area (Å²) in [6.07, 6.45) is 3.21. The molecule has 0 aliphatic rings. The third-order valence-electron chi connectivity index (χ3n) is 6.29. The lowest BCUT2D eigenvalue weighted by atomic mass is 10.0. The van der Waals surface area contributed by atoms with E-state index in [1.165, 1.54) is 5.56 Å². The predicted molar refractivity (Wildman–Crippen MR) is 153 cm³/mol. The molecule has 0 aliphatic carbocycles. The van der Waals surface area contributed by atoms with Crippen molar-refractivity contribution in [2.75, 3.05) is 13.2 Å². The van der Waals surface area contributed by atoms with Crippen LogP contribution in [0.4, 0.5) is 0 Å². The Morgan fingerprint density at radius 1 is 0.946 bits per heavy atom. The number of hydrogen-bond donors (Lipinski definition) is 1. The summed E-state index contributed by atoms with van der Waals surface area (Å²) >= 11 is 3.55. The molecule has 37 heavy (non-hydrogen) atoms. The van der Waals surface area contributed by atoms with Crippen molar-refractivity contribution in [3.8, 4) is 5.75 Å². The van der Waals surface area contributed by atoms with Crippen LogP contribution in [0.15, 0.2) is 77.3 Å². The molecule has 0 saturated heterocycles. The standard InChI is InChI=1S/C31H37BrN2O3/c1-4-6-17-33-31(36)28(20-25-12-8-7-9-13-25)34(21-26-14-10-11-23(3)18-26)30(35)22-37-29-16-15-24(5-2)19-27(29)32/h7-16,18-19,28H,4-6,17,20-22H2,1-3H3,(H,33,36)/t28-/m1/s1. The van der Waals surface area contributed by atoms with Gasteiger partial charge in [-0.3, -0.25) is 9.59 Å². The molecular formula is C31H37BrN2O3. The van der Waals surface area contributed by atoms with Crippen LogP contribution in [0.25, 0.3) is 0 Å². The van der Waals surface area contributed by atoms with Gasteiger partial charge < -0.3 is 15.0 Å². The summed E-state index contributed by atoms with van der Waals surface area (Å²) in [6, 6.07) is 23.1. The summed E-state index contributed by atoms with van der Waals surface area (Å²) in [5.74, 6) is 0.222. The minimum atomic E-state index is -0.665. The van der Waals surface area contributed by atoms with E-state index in [2.05, 4.69) is 41.2 Å². The fourth-order valence-electron chi connectivity index (χ4n) is 4.17. The maximum absolute atomic E-state index is 13.7. The van der Waals surface area contributed by atoms with Crippen LogP contribution in [0.3, 0.4) is 0 Å². The molecule has 0 bridgehead atoms. The van der Waals surface area contributed by atoms with Gasteiger partial charge in [-0.2, -0.15) is 0 Å². The molecule has 3 aromatic carbocycles. The van der Waals surface area contributed by atoms with Gasteiger partial charge in [-0.15, -0.1) is 0 Å². The van der Waals surface area contributed by atoms with E-state index in [1.54, 1.807) is 4.90 Å². The second kappa shape index (κ2) is 14.6. The lowest BCUT2D eigenvalue weighted by molar-refractivity contribution is -0.142. The fraction of sp³-hybridized carbons (Fsp3) is 0.355. The highest BCUT2D eigenvalue weighted by atomic mass is 79.9. The number of unbranched alkanes of at least 4 members (excludes halogenated alkanes) is 1. The number of benzene rings is 3. The molecule has 3 rings (SSSR count). The lowest BCUT2D eigenvalue weighted by Gasteiger charge is -2.31. The maximum Gasteiger partial charge on any atom is 0.261 e. The Bertz CT molecular complexity index is 1170. The Kier molecular flexibility index (Phi) is 11.2. The summed E-state index contributed by atoms with van der Waals surface area (Å²) in [7, 11) is 0. The quantitative estimate of drug-likeness (QED) is 0.249. The van der Waals surface area contributed by atoms with E-state index in [-0.39, 0.29) is 18.4 Å². The first kappa shape index (κ1) is 28.5. The summed E-state index contributed by atoms with van der Waals surface area (Å²) < 4.78 is 6.76. The zero-order chi connectivity index (χ0) is 26.6. The Balaban J connectivity index is 1.89. The first-order chi connectivity index (χ1) is 17.9. The average Bonchev–Trinajstić information content (AvgIpc) is 2.90. The largest absolute Gasteiger partial charge is 0.483 e. The Morgan fingerprint density at radius 3 is 2.38 bits per heavy atom. The molecule has 2 amide bonds. The van der Waals surface area contributed by atoms with E-state index in [0.29, 0.717) is 25.3 Å². The lowest BCUT2D eigenvalue weighted by Crippen LogP contribution is -2.51. The van der Waals surface area contributed by atoms with Gasteiger partial charge in [0, 0.05) is 19.5 Å². The molecule has 1 N–H and O–H groups in total. The number of rotatable bonds is 13. The van der Waals surface area contributed by atoms with Crippen LogP contribution in [0.2, 0.25) is 0 Å². The van der Waals surface area contributed by atoms with Gasteiger partial charge >= 0.3 is 0 Å². The molecule has 0 spiro atoms. The van der Waals surface area contributed by atoms with Crippen LogP contribution in [0.5, 0.6) is 5.75 Å². The van der Waals surface area contributed by atoms with Crippen LogP contribution in [-0.2, 0) is 29.0 Å². The van der Waals surface area contributed by atoms with Gasteiger partial charge in [0.1, 0.15) is 11.8 Å². The first-order valence-corrected chi connectivity index (χ1v) is 13.8. The number of nitrogens with one attached hydrogen (secondary N) is 1. The molecule has 0 aromatic heterocycles. The molecule has 0 aliphatic heterocycles. The van der Waals surface area contributed by atoms with Crippen molar-refractivity contribution < 1.29 is 14.3 Å². The molecule has 0 saturated carbocycles. The van der Waals surface area contributed by atoms with Crippen molar-refractivity contribution in [2.24, 2.45) is 0 Å². The van der Waals surface area contributed by atoms with Crippen molar-refractivity contribution in [2.45, 2.75) is 59.0 Å². The number of ether oxygens (including phenoxy) is 1. The van der Waals surface area contributed by atoms with Gasteiger partial charge in [0.15, 0.2) is 6.61 Å². The summed E-state index contributed by atoms with van der Waals surface area (Å²) in [6.45, 7) is 6.94. The van der Waals surface area contributed by atoms with Crippen LogP contribution in [-0.4, -0.2) is 35.9 Å². The van der Waals surface area contributed by atoms with Crippen LogP contribution in [0.1, 0.15) is 48.9 Å². The van der Waals surface area contributed by atoms with E-state index >= 15 is 0 Å². The number of carbonyl (C=O) groups excluding carboxylic acids is 2. The third kappa shape index (κ3) is 8.74. The van der Waals surface area contributed by atoms with Crippen molar-refractivity contribution in [1.29, 1.82) is 0 Å². The van der Waals surface area contributed by atoms with Gasteiger partial charge in [0.05, 0.1) is 4.47 Å². The average molecular weight is 566 g/mol. The van der Waals surface area contributed by atoms with E-state index in [9.17, 15) is 9.59 Å². The topological polar surface area (TPSA) is 58.6 Å². The number of amides is 2. The van der Waals surface area contributed by atoms with E-state index in [4.69, 9.17) is 4.74 Å². The molecular weight excluding hydrogens is 528 g/mol. The molecule has 3 aromatic rings. The summed E-state index contributed by atoms with van der Waals surface area (Å²) in [5.41, 5.74) is 4.26. The number of aryl methyl sites for hydroxylation is 2. The second-order valence-electron chi connectivity index (χ2n) is 9.27. The third-order valence-corrected chi connectivity index (χ3v) is 6.91. The SMILES string of the molecule is CCCCNC(=O)[C@@H](Cc1ccccc1)N(Cc1cccc(C)c1)C(=O)COc1ccc(CC)cc1Br. The van der Waals surface area contributed by atoms with Gasteiger partial charge in [-0.1, -0.05) is 86.5 Å². The second-order valence-corrected chi connectivity index (χ2v) is 10.1. The summed E-state index contributed by atoms with van der Waals surface area (Å²) in [4.78, 5) is 28.8. The van der Waals surface area contributed by atoms with Crippen LogP contribution < -0.4 is 10.1 Å². The highest BCUT2D eigenvalue weighted by molar-refractivity contribution is 9.10. The molecule has 0 heterocycles. The van der Waals surface area contributed by atoms with Gasteiger partial charge in [-0.05, 0) is 64.5 Å². The van der Waals surface area contributed by atoms with Crippen LogP contribution in [0, 0.1) is 6.92 Å². The number of nitrogens with zero attached hydrogens (tertiary/aromatic N) is 1. The zero-order valence-electron chi connectivity index (χ0n) is 22.0. The highest BCUT2D eigenvalue weighted by Crippen LogP contribution is 2.26. The number of hydrogen-bond acceptors (Lipinski definition) is 3. The van der Waals surface area contributed by atoms with Gasteiger partial charge in [0.2, 0.25) is 5.91 Å². The molecule has 5 nitrogen and oxygen atoms in total. The summed E-state index contributed by atoms with van der Waals surface area (Å²) in [5, 5.41) is 3.05. The van der Waals surface area contributed by atoms with E-state index < -0.39 is 6.04 Å². The van der Waals surface area contributed by atoms with Gasteiger partial charge in [-0.25, -0.2) is 0 Å². The Hall–Kier alpha value is -3.12. The molecule has 0 unspecified atom stereocenters. The Labute approximate surface area is 229 Å². The monoisotopic (exact) mass is 564 g/mol. The van der Waals surface area contributed by atoms with Crippen molar-refractivity contribution in [3.63, 3.8) is 0 Å².